The van der Waals surface area contributed by atoms with Gasteiger partial charge in [0.15, 0.2) is 0 Å². The number of carboxylic acid groups (broad SMARTS) is 1. The number of amides is 1. The number of anilines is 1. The summed E-state index contributed by atoms with van der Waals surface area (Å²) in [6.07, 6.45) is 1.56. The molecule has 1 amide bonds. The van der Waals surface area contributed by atoms with Gasteiger partial charge in [0.2, 0.25) is 12.0 Å². The molecule has 2 N–H and O–H groups in total. The molecule has 9 heteroatoms. The Labute approximate surface area is 189 Å². The molecule has 2 heterocycles. The second kappa shape index (κ2) is 8.57. The van der Waals surface area contributed by atoms with Crippen LogP contribution in [0.1, 0.15) is 16.7 Å². The number of carbonyl (C=O) groups excluding carboxylic acids is 1. The second-order valence-corrected chi connectivity index (χ2v) is 7.96. The van der Waals surface area contributed by atoms with Crippen LogP contribution < -0.4 is 15.0 Å². The third-order valence-electron chi connectivity index (χ3n) is 5.46. The van der Waals surface area contributed by atoms with Gasteiger partial charge in [-0.25, -0.2) is 14.8 Å². The van der Waals surface area contributed by atoms with E-state index in [1.165, 1.54) is 4.90 Å². The Morgan fingerprint density at radius 3 is 2.56 bits per heavy atom. The summed E-state index contributed by atoms with van der Waals surface area (Å²) in [4.78, 5) is 35.2. The Balaban J connectivity index is 2.00. The standard InChI is InChI=1S/C23H21ClN4O4/c1-14-11-25-22(26-12-14)32-20(21(30)31)23(15-6-4-3-5-7-15)17-10-16(24)8-9-18(17)28(2)19(29)13-27-23/h3-12,20,27H,13H2,1-2H3,(H,30,31)/t20-,23+/m1/s1. The Bertz CT molecular complexity index is 1160. The summed E-state index contributed by atoms with van der Waals surface area (Å²) in [5.74, 6) is -1.49. The van der Waals surface area contributed by atoms with Crippen LogP contribution in [-0.2, 0) is 15.1 Å². The smallest absolute Gasteiger partial charge is 0.347 e. The molecule has 164 valence electrons. The van der Waals surface area contributed by atoms with Crippen LogP contribution in [0.5, 0.6) is 6.01 Å². The lowest BCUT2D eigenvalue weighted by atomic mass is 9.77. The van der Waals surface area contributed by atoms with Crippen LogP contribution in [0.15, 0.2) is 60.9 Å². The van der Waals surface area contributed by atoms with Gasteiger partial charge >= 0.3 is 12.0 Å². The largest absolute Gasteiger partial charge is 0.478 e. The summed E-state index contributed by atoms with van der Waals surface area (Å²) in [5.41, 5.74) is 0.934. The van der Waals surface area contributed by atoms with E-state index in [1.807, 2.05) is 13.0 Å². The normalized spacial score (nSPS) is 19.1. The number of nitrogens with zero attached hydrogens (tertiary/aromatic N) is 3. The van der Waals surface area contributed by atoms with Gasteiger partial charge in [-0.2, -0.15) is 0 Å². The van der Waals surface area contributed by atoms with Crippen molar-refractivity contribution in [2.24, 2.45) is 0 Å². The molecule has 32 heavy (non-hydrogen) atoms. The minimum atomic E-state index is -1.52. The monoisotopic (exact) mass is 452 g/mol. The zero-order valence-electron chi connectivity index (χ0n) is 17.4. The number of nitrogens with one attached hydrogen (secondary N) is 1. The Hall–Kier alpha value is -3.49. The fraction of sp³-hybridized carbons (Fsp3) is 0.217. The number of hydrogen-bond acceptors (Lipinski definition) is 6. The first kappa shape index (κ1) is 21.7. The lowest BCUT2D eigenvalue weighted by Crippen LogP contribution is -2.58. The highest BCUT2D eigenvalue weighted by atomic mass is 35.5. The number of carbonyl (C=O) groups is 2. The quantitative estimate of drug-likeness (QED) is 0.613. The zero-order chi connectivity index (χ0) is 22.9. The van der Waals surface area contributed by atoms with Crippen molar-refractivity contribution in [2.75, 3.05) is 18.5 Å². The van der Waals surface area contributed by atoms with E-state index in [9.17, 15) is 14.7 Å². The number of hydrogen-bond donors (Lipinski definition) is 2. The van der Waals surface area contributed by atoms with Gasteiger partial charge in [0.05, 0.1) is 6.54 Å². The molecule has 2 atom stereocenters. The minimum absolute atomic E-state index is 0.0902. The number of aromatic nitrogens is 2. The van der Waals surface area contributed by atoms with Gasteiger partial charge in [0.25, 0.3) is 0 Å². The number of benzene rings is 2. The number of halogens is 1. The molecule has 1 aliphatic rings. The van der Waals surface area contributed by atoms with Crippen molar-refractivity contribution in [3.8, 4) is 6.01 Å². The number of likely N-dealkylation sites (N-methyl/N-ethyl adjacent to an activating group) is 1. The minimum Gasteiger partial charge on any atom is -0.478 e. The number of rotatable bonds is 5. The first-order valence-electron chi connectivity index (χ1n) is 9.88. The number of aryl methyl sites for hydroxylation is 1. The second-order valence-electron chi connectivity index (χ2n) is 7.52. The Morgan fingerprint density at radius 1 is 1.22 bits per heavy atom. The van der Waals surface area contributed by atoms with Crippen molar-refractivity contribution in [3.05, 3.63) is 82.6 Å². The van der Waals surface area contributed by atoms with Gasteiger partial charge in [0.1, 0.15) is 5.54 Å². The van der Waals surface area contributed by atoms with Crippen LogP contribution in [0.3, 0.4) is 0 Å². The molecule has 0 fully saturated rings. The predicted molar refractivity (Wildman–Crippen MR) is 119 cm³/mol. The summed E-state index contributed by atoms with van der Waals surface area (Å²) in [6.45, 7) is 1.69. The summed E-state index contributed by atoms with van der Waals surface area (Å²) in [7, 11) is 1.64. The van der Waals surface area contributed by atoms with E-state index >= 15 is 0 Å². The Morgan fingerprint density at radius 2 is 1.91 bits per heavy atom. The molecule has 2 aromatic carbocycles. The number of fused-ring (bicyclic) bond motifs is 1. The van der Waals surface area contributed by atoms with Crippen LogP contribution in [0, 0.1) is 6.92 Å². The van der Waals surface area contributed by atoms with Crippen LogP contribution in [-0.4, -0.2) is 46.6 Å². The summed E-state index contributed by atoms with van der Waals surface area (Å²) >= 11 is 6.35. The summed E-state index contributed by atoms with van der Waals surface area (Å²) in [6, 6.07) is 13.9. The fourth-order valence-electron chi connectivity index (χ4n) is 3.89. The van der Waals surface area contributed by atoms with Crippen molar-refractivity contribution in [1.82, 2.24) is 15.3 Å². The van der Waals surface area contributed by atoms with E-state index in [0.29, 0.717) is 21.8 Å². The van der Waals surface area contributed by atoms with Gasteiger partial charge < -0.3 is 14.7 Å². The topological polar surface area (TPSA) is 105 Å². The molecule has 0 spiro atoms. The molecule has 0 unspecified atom stereocenters. The molecule has 0 saturated heterocycles. The summed E-state index contributed by atoms with van der Waals surface area (Å²) in [5, 5.41) is 13.9. The third-order valence-corrected chi connectivity index (χ3v) is 5.70. The van der Waals surface area contributed by atoms with Crippen LogP contribution in [0.4, 0.5) is 5.69 Å². The van der Waals surface area contributed by atoms with Gasteiger partial charge in [-0.05, 0) is 36.2 Å². The SMILES string of the molecule is Cc1cnc(O[C@H](C(=O)O)[C@@]2(c3ccccc3)NCC(=O)N(C)c3ccc(Cl)cc32)nc1. The van der Waals surface area contributed by atoms with E-state index in [-0.39, 0.29) is 18.5 Å². The molecule has 0 saturated carbocycles. The zero-order valence-corrected chi connectivity index (χ0v) is 18.2. The predicted octanol–water partition coefficient (Wildman–Crippen LogP) is 2.78. The lowest BCUT2D eigenvalue weighted by molar-refractivity contribution is -0.149. The number of aliphatic carboxylic acids is 1. The van der Waals surface area contributed by atoms with Crippen molar-refractivity contribution in [1.29, 1.82) is 0 Å². The molecule has 1 aromatic heterocycles. The number of ether oxygens (including phenoxy) is 1. The molecule has 0 radical (unpaired) electrons. The van der Waals surface area contributed by atoms with Crippen molar-refractivity contribution in [3.63, 3.8) is 0 Å². The average Bonchev–Trinajstić information content (AvgIpc) is 2.89. The molecular formula is C23H21ClN4O4. The highest BCUT2D eigenvalue weighted by Gasteiger charge is 2.52. The fourth-order valence-corrected chi connectivity index (χ4v) is 4.07. The van der Waals surface area contributed by atoms with Gasteiger partial charge in [-0.1, -0.05) is 41.9 Å². The number of carboxylic acids is 1. The van der Waals surface area contributed by atoms with Crippen LogP contribution >= 0.6 is 11.6 Å². The average molecular weight is 453 g/mol. The first-order valence-corrected chi connectivity index (χ1v) is 10.3. The van der Waals surface area contributed by atoms with Gasteiger partial charge in [-0.15, -0.1) is 0 Å². The summed E-state index contributed by atoms with van der Waals surface area (Å²) < 4.78 is 5.89. The molecule has 0 aliphatic carbocycles. The van der Waals surface area contributed by atoms with Crippen LogP contribution in [0.25, 0.3) is 0 Å². The molecule has 4 rings (SSSR count). The molecular weight excluding hydrogens is 432 g/mol. The molecule has 1 aliphatic heterocycles. The van der Waals surface area contributed by atoms with Crippen molar-refractivity contribution >= 4 is 29.2 Å². The third kappa shape index (κ3) is 3.79. The van der Waals surface area contributed by atoms with Gasteiger partial charge in [-0.3, -0.25) is 10.1 Å². The highest BCUT2D eigenvalue weighted by molar-refractivity contribution is 6.30. The maximum Gasteiger partial charge on any atom is 0.347 e. The maximum atomic E-state index is 12.8. The highest BCUT2D eigenvalue weighted by Crippen LogP contribution is 2.42. The van der Waals surface area contributed by atoms with E-state index in [0.717, 1.165) is 5.56 Å². The van der Waals surface area contributed by atoms with E-state index in [2.05, 4.69) is 15.3 Å². The van der Waals surface area contributed by atoms with Crippen LogP contribution in [0.2, 0.25) is 5.02 Å². The van der Waals surface area contributed by atoms with E-state index < -0.39 is 17.6 Å². The Kier molecular flexibility index (Phi) is 5.82. The van der Waals surface area contributed by atoms with Gasteiger partial charge in [0, 0.05) is 35.7 Å². The van der Waals surface area contributed by atoms with Crippen molar-refractivity contribution < 1.29 is 19.4 Å². The molecule has 3 aromatic rings. The molecule has 0 bridgehead atoms. The first-order chi connectivity index (χ1) is 15.3. The van der Waals surface area contributed by atoms with E-state index in [4.69, 9.17) is 16.3 Å². The lowest BCUT2D eigenvalue weighted by Gasteiger charge is -2.39. The van der Waals surface area contributed by atoms with Crippen molar-refractivity contribution in [2.45, 2.75) is 18.6 Å². The maximum absolute atomic E-state index is 12.8. The molecule has 8 nitrogen and oxygen atoms in total. The van der Waals surface area contributed by atoms with E-state index in [1.54, 1.807) is 61.9 Å².